The van der Waals surface area contributed by atoms with Gasteiger partial charge in [-0.25, -0.2) is 4.79 Å². The number of para-hydroxylation sites is 1. The van der Waals surface area contributed by atoms with Gasteiger partial charge >= 0.3 is 12.1 Å². The Hall–Kier alpha value is -4.18. The largest absolute Gasteiger partial charge is 0.481 e. The Bertz CT molecular complexity index is 1540. The number of anilines is 1. The highest BCUT2D eigenvalue weighted by molar-refractivity contribution is 7.09. The molecule has 0 saturated heterocycles. The molecule has 6 rings (SSSR count). The molecule has 1 N–H and O–H groups in total. The number of carboxylic acid groups (broad SMARTS) is 1. The first-order valence-electron chi connectivity index (χ1n) is 15.8. The number of rotatable bonds is 9. The van der Waals surface area contributed by atoms with Crippen molar-refractivity contribution in [3.8, 4) is 0 Å². The van der Waals surface area contributed by atoms with Gasteiger partial charge in [-0.05, 0) is 72.7 Å². The Morgan fingerprint density at radius 1 is 0.889 bits per heavy atom. The molecular weight excluding hydrogens is 590 g/mol. The minimum absolute atomic E-state index is 0.167. The van der Waals surface area contributed by atoms with E-state index in [0.717, 1.165) is 53.7 Å². The Labute approximate surface area is 267 Å². The molecule has 3 aromatic rings. The van der Waals surface area contributed by atoms with Crippen molar-refractivity contribution in [2.45, 2.75) is 82.5 Å². The molecule has 0 radical (unpaired) electrons. The fourth-order valence-corrected chi connectivity index (χ4v) is 7.59. The smallest absolute Gasteiger partial charge is 0.415 e. The van der Waals surface area contributed by atoms with Crippen molar-refractivity contribution in [1.82, 2.24) is 9.80 Å². The van der Waals surface area contributed by atoms with E-state index >= 15 is 0 Å². The molecule has 3 amide bonds. The van der Waals surface area contributed by atoms with E-state index in [1.165, 1.54) is 4.90 Å². The van der Waals surface area contributed by atoms with Gasteiger partial charge in [0.15, 0.2) is 0 Å². The average Bonchev–Trinajstić information content (AvgIpc) is 3.71. The predicted molar refractivity (Wildman–Crippen MR) is 171 cm³/mol. The van der Waals surface area contributed by atoms with Crippen LogP contribution in [0.4, 0.5) is 10.5 Å². The zero-order chi connectivity index (χ0) is 31.3. The molecule has 9 nitrogen and oxygen atoms in total. The van der Waals surface area contributed by atoms with Gasteiger partial charge in [0.25, 0.3) is 0 Å². The Balaban J connectivity index is 1.26. The molecular formula is C35H39N3O6S. The summed E-state index contributed by atoms with van der Waals surface area (Å²) in [6, 6.07) is 17.9. The minimum atomic E-state index is -0.973. The van der Waals surface area contributed by atoms with Crippen molar-refractivity contribution in [1.29, 1.82) is 0 Å². The molecule has 1 aliphatic carbocycles. The molecule has 3 heterocycles. The molecule has 0 unspecified atom stereocenters. The number of ether oxygens (including phenoxy) is 1. The maximum atomic E-state index is 14.5. The maximum Gasteiger partial charge on any atom is 0.415 e. The van der Waals surface area contributed by atoms with E-state index in [1.54, 1.807) is 21.1 Å². The topological polar surface area (TPSA) is 107 Å². The minimum Gasteiger partial charge on any atom is -0.481 e. The van der Waals surface area contributed by atoms with Crippen molar-refractivity contribution >= 4 is 40.9 Å². The molecule has 1 saturated carbocycles. The van der Waals surface area contributed by atoms with Crippen LogP contribution in [-0.2, 0) is 44.9 Å². The highest BCUT2D eigenvalue weighted by atomic mass is 32.1. The lowest BCUT2D eigenvalue weighted by molar-refractivity contribution is -0.145. The standard InChI is InChI=1S/C35H39N3O6S/c39-32(37-22-26-11-5-4-9-24(26)19-27(37)21-33(40)41)23-36(17-16-29-14-8-18-45-29)34(42)31-20-25-10-6-7-15-30(25)38(31)35(43)44-28-12-2-1-3-13-28/h4-11,14-15,18,27-28,31H,1-3,12-13,16-17,19-23H2,(H,40,41)/t27-,31-/m1/s1. The summed E-state index contributed by atoms with van der Waals surface area (Å²) in [7, 11) is 0. The molecule has 236 valence electrons. The number of amides is 3. The molecule has 0 bridgehead atoms. The fraction of sp³-hybridized carbons (Fsp3) is 0.429. The number of aliphatic carboxylic acids is 1. The van der Waals surface area contributed by atoms with Crippen molar-refractivity contribution in [3.05, 3.63) is 87.6 Å². The summed E-state index contributed by atoms with van der Waals surface area (Å²) >= 11 is 1.59. The molecule has 10 heteroatoms. The molecule has 3 aliphatic rings. The third kappa shape index (κ3) is 7.06. The number of hydrogen-bond donors (Lipinski definition) is 1. The Morgan fingerprint density at radius 2 is 1.62 bits per heavy atom. The normalized spacial score (nSPS) is 19.5. The van der Waals surface area contributed by atoms with Gasteiger partial charge in [-0.15, -0.1) is 11.3 Å². The van der Waals surface area contributed by atoms with Crippen LogP contribution in [0.25, 0.3) is 0 Å². The van der Waals surface area contributed by atoms with Crippen LogP contribution in [0.1, 0.15) is 60.1 Å². The second-order valence-corrected chi connectivity index (χ2v) is 13.2. The van der Waals surface area contributed by atoms with Gasteiger partial charge in [0.05, 0.1) is 18.7 Å². The molecule has 45 heavy (non-hydrogen) atoms. The number of carboxylic acids is 1. The zero-order valence-electron chi connectivity index (χ0n) is 25.3. The number of fused-ring (bicyclic) bond motifs is 2. The quantitative estimate of drug-likeness (QED) is 0.338. The summed E-state index contributed by atoms with van der Waals surface area (Å²) in [5, 5.41) is 11.6. The maximum absolute atomic E-state index is 14.5. The first kappa shape index (κ1) is 30.8. The van der Waals surface area contributed by atoms with Gasteiger partial charge in [-0.3, -0.25) is 19.3 Å². The summed E-state index contributed by atoms with van der Waals surface area (Å²) in [5.74, 6) is -1.59. The first-order chi connectivity index (χ1) is 21.9. The summed E-state index contributed by atoms with van der Waals surface area (Å²) in [6.45, 7) is 0.368. The first-order valence-corrected chi connectivity index (χ1v) is 16.7. The number of carbonyl (C=O) groups excluding carboxylic acids is 3. The van der Waals surface area contributed by atoms with E-state index in [-0.39, 0.29) is 44.0 Å². The SMILES string of the molecule is O=C(O)C[C@H]1Cc2ccccc2CN1C(=O)CN(CCc1cccs1)C(=O)[C@H]1Cc2ccccc2N1C(=O)OC1CCCCC1. The van der Waals surface area contributed by atoms with Crippen molar-refractivity contribution in [3.63, 3.8) is 0 Å². The lowest BCUT2D eigenvalue weighted by atomic mass is 9.92. The van der Waals surface area contributed by atoms with E-state index < -0.39 is 24.1 Å². The van der Waals surface area contributed by atoms with Crippen LogP contribution >= 0.6 is 11.3 Å². The Morgan fingerprint density at radius 3 is 2.36 bits per heavy atom. The number of nitrogens with zero attached hydrogens (tertiary/aromatic N) is 3. The molecule has 2 atom stereocenters. The lowest BCUT2D eigenvalue weighted by Gasteiger charge is -2.38. The van der Waals surface area contributed by atoms with Crippen molar-refractivity contribution in [2.75, 3.05) is 18.0 Å². The van der Waals surface area contributed by atoms with Crippen LogP contribution < -0.4 is 4.90 Å². The summed E-state index contributed by atoms with van der Waals surface area (Å²) in [6.07, 6.45) is 5.25. The van der Waals surface area contributed by atoms with E-state index in [9.17, 15) is 24.3 Å². The monoisotopic (exact) mass is 629 g/mol. The van der Waals surface area contributed by atoms with Crippen molar-refractivity contribution in [2.24, 2.45) is 0 Å². The molecule has 0 spiro atoms. The summed E-state index contributed by atoms with van der Waals surface area (Å²) < 4.78 is 5.96. The van der Waals surface area contributed by atoms with E-state index in [4.69, 9.17) is 4.74 Å². The van der Waals surface area contributed by atoms with Crippen LogP contribution in [0.15, 0.2) is 66.0 Å². The summed E-state index contributed by atoms with van der Waals surface area (Å²) in [5.41, 5.74) is 3.56. The Kier molecular flexibility index (Phi) is 9.49. The van der Waals surface area contributed by atoms with E-state index in [2.05, 4.69) is 0 Å². The van der Waals surface area contributed by atoms with Crippen LogP contribution in [0.5, 0.6) is 0 Å². The molecule has 2 aliphatic heterocycles. The second kappa shape index (κ2) is 13.9. The average molecular weight is 630 g/mol. The highest BCUT2D eigenvalue weighted by Gasteiger charge is 2.43. The van der Waals surface area contributed by atoms with Gasteiger partial charge < -0.3 is 19.6 Å². The van der Waals surface area contributed by atoms with E-state index in [1.807, 2.05) is 66.0 Å². The van der Waals surface area contributed by atoms with Crippen LogP contribution in [0.2, 0.25) is 0 Å². The molecule has 1 fully saturated rings. The van der Waals surface area contributed by atoms with Crippen LogP contribution in [0, 0.1) is 0 Å². The van der Waals surface area contributed by atoms with Crippen molar-refractivity contribution < 1.29 is 29.0 Å². The van der Waals surface area contributed by atoms with E-state index in [0.29, 0.717) is 24.9 Å². The van der Waals surface area contributed by atoms with Crippen LogP contribution in [-0.4, -0.2) is 70.1 Å². The zero-order valence-corrected chi connectivity index (χ0v) is 26.1. The second-order valence-electron chi connectivity index (χ2n) is 12.2. The third-order valence-corrected chi connectivity index (χ3v) is 10.1. The number of benzene rings is 2. The lowest BCUT2D eigenvalue weighted by Crippen LogP contribution is -2.54. The number of hydrogen-bond acceptors (Lipinski definition) is 6. The third-order valence-electron chi connectivity index (χ3n) is 9.21. The van der Waals surface area contributed by atoms with Gasteiger partial charge in [0.2, 0.25) is 11.8 Å². The molecule has 2 aromatic carbocycles. The highest BCUT2D eigenvalue weighted by Crippen LogP contribution is 2.35. The van der Waals surface area contributed by atoms with Crippen LogP contribution in [0.3, 0.4) is 0 Å². The number of carbonyl (C=O) groups is 4. The fourth-order valence-electron chi connectivity index (χ4n) is 6.89. The van der Waals surface area contributed by atoms with Gasteiger partial charge in [-0.2, -0.15) is 0 Å². The molecule has 1 aromatic heterocycles. The number of thiophene rings is 1. The predicted octanol–water partition coefficient (Wildman–Crippen LogP) is 5.45. The summed E-state index contributed by atoms with van der Waals surface area (Å²) in [4.78, 5) is 59.7. The van der Waals surface area contributed by atoms with Gasteiger partial charge in [0.1, 0.15) is 12.1 Å². The van der Waals surface area contributed by atoms with Gasteiger partial charge in [0, 0.05) is 30.4 Å². The van der Waals surface area contributed by atoms with Gasteiger partial charge in [-0.1, -0.05) is 55.0 Å².